The van der Waals surface area contributed by atoms with Crippen molar-refractivity contribution < 1.29 is 4.39 Å². The molecule has 138 valence electrons. The van der Waals surface area contributed by atoms with E-state index in [1.807, 2.05) is 12.1 Å². The predicted octanol–water partition coefficient (Wildman–Crippen LogP) is 6.75. The van der Waals surface area contributed by atoms with E-state index in [0.29, 0.717) is 22.3 Å². The van der Waals surface area contributed by atoms with Crippen LogP contribution in [-0.4, -0.2) is 15.4 Å². The van der Waals surface area contributed by atoms with E-state index in [0.717, 1.165) is 33.8 Å². The molecule has 2 heterocycles. The van der Waals surface area contributed by atoms with Gasteiger partial charge in [0.05, 0.1) is 20.8 Å². The summed E-state index contributed by atoms with van der Waals surface area (Å²) in [6.45, 7) is 0. The molecule has 0 radical (unpaired) electrons. The zero-order valence-corrected chi connectivity index (χ0v) is 16.3. The molecule has 0 bridgehead atoms. The van der Waals surface area contributed by atoms with Gasteiger partial charge in [0, 0.05) is 6.04 Å². The summed E-state index contributed by atoms with van der Waals surface area (Å²) in [5.41, 5.74) is 2.06. The van der Waals surface area contributed by atoms with Crippen LogP contribution in [-0.2, 0) is 0 Å². The van der Waals surface area contributed by atoms with E-state index in [9.17, 15) is 4.39 Å². The summed E-state index contributed by atoms with van der Waals surface area (Å²) < 4.78 is 18.0. The van der Waals surface area contributed by atoms with Crippen molar-refractivity contribution >= 4 is 43.9 Å². The van der Waals surface area contributed by atoms with Crippen LogP contribution in [0.1, 0.15) is 32.1 Å². The van der Waals surface area contributed by atoms with Gasteiger partial charge in [-0.1, -0.05) is 60.4 Å². The summed E-state index contributed by atoms with van der Waals surface area (Å²) in [6.07, 6.45) is 5.98. The first kappa shape index (κ1) is 17.0. The normalized spacial score (nSPS) is 15.6. The molecular weight excluding hydrogens is 381 g/mol. The van der Waals surface area contributed by atoms with Crippen LogP contribution >= 0.6 is 22.9 Å². The smallest absolute Gasteiger partial charge is 0.197 e. The first-order valence-electron chi connectivity index (χ1n) is 9.33. The van der Waals surface area contributed by atoms with Gasteiger partial charge in [-0.25, -0.2) is 9.37 Å². The monoisotopic (exact) mass is 399 g/mol. The summed E-state index contributed by atoms with van der Waals surface area (Å²) in [5, 5.41) is 4.07. The summed E-state index contributed by atoms with van der Waals surface area (Å²) in [7, 11) is 0. The molecule has 0 amide bonds. The lowest BCUT2D eigenvalue weighted by Gasteiger charge is -2.24. The third-order valence-corrected chi connectivity index (χ3v) is 6.64. The fourth-order valence-corrected chi connectivity index (χ4v) is 5.27. The highest BCUT2D eigenvalue weighted by atomic mass is 35.5. The molecule has 1 aliphatic rings. The highest BCUT2D eigenvalue weighted by Gasteiger charge is 2.24. The summed E-state index contributed by atoms with van der Waals surface area (Å²) in [5.74, 6) is 0.505. The van der Waals surface area contributed by atoms with Gasteiger partial charge in [0.25, 0.3) is 0 Å². The Morgan fingerprint density at radius 3 is 2.70 bits per heavy atom. The Hall–Kier alpha value is -2.11. The standard InChI is InChI=1S/C21H19ClFN3S/c22-14-9-6-10-15(23)18(14)19-20(24-13-7-2-1-3-8-13)26-16-11-4-5-12-17(16)27-21(26)25-19/h4-6,9-13,24H,1-3,7-8H2. The quantitative estimate of drug-likeness (QED) is 0.412. The maximum atomic E-state index is 14.7. The van der Waals surface area contributed by atoms with Crippen molar-refractivity contribution in [3.63, 3.8) is 0 Å². The first-order valence-corrected chi connectivity index (χ1v) is 10.5. The van der Waals surface area contributed by atoms with Crippen LogP contribution in [0.4, 0.5) is 10.2 Å². The topological polar surface area (TPSA) is 29.3 Å². The number of imidazole rings is 1. The van der Waals surface area contributed by atoms with E-state index >= 15 is 0 Å². The van der Waals surface area contributed by atoms with E-state index in [2.05, 4.69) is 21.9 Å². The third-order valence-electron chi connectivity index (χ3n) is 5.30. The van der Waals surface area contributed by atoms with Crippen LogP contribution in [0.15, 0.2) is 42.5 Å². The van der Waals surface area contributed by atoms with Gasteiger partial charge in [-0.2, -0.15) is 0 Å². The minimum Gasteiger partial charge on any atom is -0.367 e. The predicted molar refractivity (Wildman–Crippen MR) is 111 cm³/mol. The van der Waals surface area contributed by atoms with Gasteiger partial charge in [-0.3, -0.25) is 4.40 Å². The second-order valence-corrected chi connectivity index (χ2v) is 8.49. The molecule has 0 spiro atoms. The van der Waals surface area contributed by atoms with Gasteiger partial charge < -0.3 is 5.32 Å². The van der Waals surface area contributed by atoms with Crippen molar-refractivity contribution in [3.05, 3.63) is 53.3 Å². The van der Waals surface area contributed by atoms with Crippen molar-refractivity contribution in [1.82, 2.24) is 9.38 Å². The van der Waals surface area contributed by atoms with Crippen LogP contribution in [0, 0.1) is 5.82 Å². The van der Waals surface area contributed by atoms with E-state index in [1.54, 1.807) is 23.5 Å². The van der Waals surface area contributed by atoms with Gasteiger partial charge in [-0.05, 0) is 37.1 Å². The van der Waals surface area contributed by atoms with Crippen molar-refractivity contribution in [1.29, 1.82) is 0 Å². The van der Waals surface area contributed by atoms with E-state index in [4.69, 9.17) is 16.6 Å². The number of nitrogens with zero attached hydrogens (tertiary/aromatic N) is 2. The van der Waals surface area contributed by atoms with Gasteiger partial charge in [0.1, 0.15) is 17.3 Å². The Morgan fingerprint density at radius 1 is 1.07 bits per heavy atom. The number of halogens is 2. The van der Waals surface area contributed by atoms with Crippen LogP contribution in [0.3, 0.4) is 0 Å². The molecule has 27 heavy (non-hydrogen) atoms. The van der Waals surface area contributed by atoms with Crippen molar-refractivity contribution in [3.8, 4) is 11.3 Å². The molecule has 0 atom stereocenters. The van der Waals surface area contributed by atoms with Gasteiger partial charge in [-0.15, -0.1) is 0 Å². The Balaban J connectivity index is 1.75. The third kappa shape index (κ3) is 2.89. The van der Waals surface area contributed by atoms with Crippen molar-refractivity contribution in [2.24, 2.45) is 0 Å². The number of benzene rings is 2. The SMILES string of the molecule is Fc1cccc(Cl)c1-c1nc2sc3ccccc3n2c1NC1CCCCC1. The van der Waals surface area contributed by atoms with Gasteiger partial charge in [0.2, 0.25) is 0 Å². The van der Waals surface area contributed by atoms with Crippen molar-refractivity contribution in [2.45, 2.75) is 38.1 Å². The number of nitrogens with one attached hydrogen (secondary N) is 1. The molecule has 1 N–H and O–H groups in total. The molecule has 2 aromatic carbocycles. The number of aromatic nitrogens is 2. The lowest BCUT2D eigenvalue weighted by atomic mass is 9.95. The molecule has 1 saturated carbocycles. The van der Waals surface area contributed by atoms with E-state index < -0.39 is 0 Å². The van der Waals surface area contributed by atoms with Crippen LogP contribution in [0.2, 0.25) is 5.02 Å². The minimum atomic E-state index is -0.343. The highest BCUT2D eigenvalue weighted by molar-refractivity contribution is 7.23. The van der Waals surface area contributed by atoms with E-state index in [-0.39, 0.29) is 5.82 Å². The zero-order valence-electron chi connectivity index (χ0n) is 14.7. The van der Waals surface area contributed by atoms with Gasteiger partial charge >= 0.3 is 0 Å². The van der Waals surface area contributed by atoms with Crippen LogP contribution in [0.5, 0.6) is 0 Å². The Kier molecular flexibility index (Phi) is 4.29. The summed E-state index contributed by atoms with van der Waals surface area (Å²) in [4.78, 5) is 5.65. The van der Waals surface area contributed by atoms with E-state index in [1.165, 1.54) is 25.3 Å². The summed E-state index contributed by atoms with van der Waals surface area (Å²) >= 11 is 7.99. The lowest BCUT2D eigenvalue weighted by molar-refractivity contribution is 0.462. The molecule has 0 saturated heterocycles. The molecule has 5 rings (SSSR count). The largest absolute Gasteiger partial charge is 0.367 e. The first-order chi connectivity index (χ1) is 13.2. The van der Waals surface area contributed by atoms with Crippen LogP contribution < -0.4 is 5.32 Å². The molecule has 6 heteroatoms. The number of para-hydroxylation sites is 1. The molecule has 1 aliphatic carbocycles. The molecule has 2 aromatic heterocycles. The Morgan fingerprint density at radius 2 is 1.89 bits per heavy atom. The average Bonchev–Trinajstić information content (AvgIpc) is 3.19. The molecule has 3 nitrogen and oxygen atoms in total. The molecule has 4 aromatic rings. The zero-order chi connectivity index (χ0) is 18.4. The van der Waals surface area contributed by atoms with Gasteiger partial charge in [0.15, 0.2) is 4.96 Å². The number of fused-ring (bicyclic) bond motifs is 3. The minimum absolute atomic E-state index is 0.343. The highest BCUT2D eigenvalue weighted by Crippen LogP contribution is 2.40. The fourth-order valence-electron chi connectivity index (χ4n) is 3.99. The lowest BCUT2D eigenvalue weighted by Crippen LogP contribution is -2.23. The molecule has 0 unspecified atom stereocenters. The Labute approximate surface area is 165 Å². The maximum Gasteiger partial charge on any atom is 0.197 e. The molecule has 0 aliphatic heterocycles. The Bertz CT molecular complexity index is 1110. The number of hydrogen-bond acceptors (Lipinski definition) is 3. The van der Waals surface area contributed by atoms with Crippen LogP contribution in [0.25, 0.3) is 26.4 Å². The number of hydrogen-bond donors (Lipinski definition) is 1. The number of thiazole rings is 1. The fraction of sp³-hybridized carbons (Fsp3) is 0.286. The maximum absolute atomic E-state index is 14.7. The average molecular weight is 400 g/mol. The second kappa shape index (κ2) is 6.80. The molecule has 1 fully saturated rings. The van der Waals surface area contributed by atoms with Crippen molar-refractivity contribution in [2.75, 3.05) is 5.32 Å². The molecular formula is C21H19ClFN3S. The second-order valence-electron chi connectivity index (χ2n) is 7.07. The summed E-state index contributed by atoms with van der Waals surface area (Å²) in [6, 6.07) is 13.4. The number of anilines is 1. The number of rotatable bonds is 3.